The highest BCUT2D eigenvalue weighted by molar-refractivity contribution is 5.47. The van der Waals surface area contributed by atoms with E-state index in [9.17, 15) is 9.90 Å². The number of nitrogens with zero attached hydrogens (tertiary/aromatic N) is 3. The van der Waals surface area contributed by atoms with E-state index in [0.717, 1.165) is 43.2 Å². The average molecular weight is 448 g/mol. The molecule has 1 aromatic heterocycles. The Morgan fingerprint density at radius 1 is 0.970 bits per heavy atom. The Kier molecular flexibility index (Phi) is 7.04. The molecule has 0 saturated carbocycles. The molecule has 33 heavy (non-hydrogen) atoms. The van der Waals surface area contributed by atoms with Gasteiger partial charge in [-0.15, -0.1) is 0 Å². The van der Waals surface area contributed by atoms with Crippen molar-refractivity contribution in [3.8, 4) is 11.5 Å². The van der Waals surface area contributed by atoms with Crippen LogP contribution in [0.4, 0.5) is 5.69 Å². The van der Waals surface area contributed by atoms with Crippen LogP contribution in [0.15, 0.2) is 65.5 Å². The summed E-state index contributed by atoms with van der Waals surface area (Å²) in [4.78, 5) is 18.2. The van der Waals surface area contributed by atoms with Crippen molar-refractivity contribution in [3.63, 3.8) is 0 Å². The molecule has 1 aliphatic rings. The molecule has 0 amide bonds. The Hall–Kier alpha value is -3.25. The minimum Gasteiger partial charge on any atom is -0.507 e. The maximum absolute atomic E-state index is 13.5. The summed E-state index contributed by atoms with van der Waals surface area (Å²) in [7, 11) is 0. The number of hydrogen-bond acceptors (Lipinski definition) is 5. The molecular weight excluding hydrogens is 414 g/mol. The normalized spacial score (nSPS) is 15.4. The van der Waals surface area contributed by atoms with E-state index >= 15 is 0 Å². The number of aromatic hydroxyl groups is 1. The molecule has 4 rings (SSSR count). The first-order chi connectivity index (χ1) is 16.0. The third kappa shape index (κ3) is 4.76. The van der Waals surface area contributed by atoms with Crippen LogP contribution in [0.2, 0.25) is 0 Å². The Bertz CT molecular complexity index is 1120. The summed E-state index contributed by atoms with van der Waals surface area (Å²) in [6.45, 7) is 10.2. The molecule has 1 atom stereocenters. The minimum absolute atomic E-state index is 0.0616. The molecule has 3 aromatic rings. The fourth-order valence-corrected chi connectivity index (χ4v) is 4.77. The van der Waals surface area contributed by atoms with E-state index < -0.39 is 0 Å². The van der Waals surface area contributed by atoms with Gasteiger partial charge in [0.2, 0.25) is 0 Å². The van der Waals surface area contributed by atoms with Crippen LogP contribution in [0.3, 0.4) is 0 Å². The lowest BCUT2D eigenvalue weighted by atomic mass is 9.95. The highest BCUT2D eigenvalue weighted by atomic mass is 16.5. The van der Waals surface area contributed by atoms with Gasteiger partial charge in [-0.3, -0.25) is 9.69 Å². The third-order valence-electron chi connectivity index (χ3n) is 6.42. The number of ether oxygens (including phenoxy) is 1. The van der Waals surface area contributed by atoms with Gasteiger partial charge in [-0.1, -0.05) is 30.3 Å². The summed E-state index contributed by atoms with van der Waals surface area (Å²) in [6, 6.07) is 19.7. The van der Waals surface area contributed by atoms with E-state index in [1.54, 1.807) is 10.6 Å². The summed E-state index contributed by atoms with van der Waals surface area (Å²) < 4.78 is 7.35. The van der Waals surface area contributed by atoms with Crippen LogP contribution >= 0.6 is 0 Å². The molecule has 2 aromatic carbocycles. The van der Waals surface area contributed by atoms with E-state index in [1.807, 2.05) is 51.1 Å². The first-order valence-corrected chi connectivity index (χ1v) is 11.7. The SMILES string of the molecule is CCOc1ccc([C@@H](c2c(O)cc(C)n(CC)c2=O)N2CCN(c3ccccc3)CC2)cc1. The van der Waals surface area contributed by atoms with Crippen molar-refractivity contribution in [2.24, 2.45) is 0 Å². The van der Waals surface area contributed by atoms with E-state index in [4.69, 9.17) is 4.74 Å². The van der Waals surface area contributed by atoms with Gasteiger partial charge in [0.15, 0.2) is 0 Å². The minimum atomic E-state index is -0.329. The summed E-state index contributed by atoms with van der Waals surface area (Å²) in [5, 5.41) is 10.9. The van der Waals surface area contributed by atoms with Gasteiger partial charge in [0.25, 0.3) is 5.56 Å². The lowest BCUT2D eigenvalue weighted by molar-refractivity contribution is 0.207. The summed E-state index contributed by atoms with van der Waals surface area (Å²) in [5.74, 6) is 0.861. The second kappa shape index (κ2) is 10.1. The Labute approximate surface area is 195 Å². The van der Waals surface area contributed by atoms with Crippen LogP contribution in [0.1, 0.15) is 36.7 Å². The van der Waals surface area contributed by atoms with Gasteiger partial charge < -0.3 is 19.3 Å². The van der Waals surface area contributed by atoms with Gasteiger partial charge >= 0.3 is 0 Å². The van der Waals surface area contributed by atoms with Crippen molar-refractivity contribution in [1.82, 2.24) is 9.47 Å². The van der Waals surface area contributed by atoms with E-state index in [2.05, 4.69) is 34.1 Å². The van der Waals surface area contributed by atoms with Crippen molar-refractivity contribution in [3.05, 3.63) is 87.8 Å². The molecule has 1 aliphatic heterocycles. The van der Waals surface area contributed by atoms with Crippen molar-refractivity contribution in [1.29, 1.82) is 0 Å². The number of aryl methyl sites for hydroxylation is 1. The molecule has 0 radical (unpaired) electrons. The zero-order valence-corrected chi connectivity index (χ0v) is 19.7. The second-order valence-electron chi connectivity index (χ2n) is 8.40. The lowest BCUT2D eigenvalue weighted by Gasteiger charge is -2.40. The fourth-order valence-electron chi connectivity index (χ4n) is 4.77. The zero-order chi connectivity index (χ0) is 23.4. The van der Waals surface area contributed by atoms with Crippen LogP contribution in [0.25, 0.3) is 0 Å². The fraction of sp³-hybridized carbons (Fsp3) is 0.370. The predicted molar refractivity (Wildman–Crippen MR) is 132 cm³/mol. The highest BCUT2D eigenvalue weighted by Gasteiger charge is 2.31. The van der Waals surface area contributed by atoms with Crippen molar-refractivity contribution in [2.45, 2.75) is 33.4 Å². The third-order valence-corrected chi connectivity index (χ3v) is 6.42. The first kappa shape index (κ1) is 22.9. The van der Waals surface area contributed by atoms with Crippen molar-refractivity contribution < 1.29 is 9.84 Å². The molecule has 0 spiro atoms. The van der Waals surface area contributed by atoms with Crippen molar-refractivity contribution in [2.75, 3.05) is 37.7 Å². The largest absolute Gasteiger partial charge is 0.507 e. The van der Waals surface area contributed by atoms with Gasteiger partial charge in [-0.2, -0.15) is 0 Å². The maximum Gasteiger partial charge on any atom is 0.259 e. The molecule has 0 aliphatic carbocycles. The predicted octanol–water partition coefficient (Wildman–Crippen LogP) is 4.19. The highest BCUT2D eigenvalue weighted by Crippen LogP contribution is 2.34. The summed E-state index contributed by atoms with van der Waals surface area (Å²) >= 11 is 0. The number of aromatic nitrogens is 1. The number of para-hydroxylation sites is 1. The number of anilines is 1. The average Bonchev–Trinajstić information content (AvgIpc) is 2.83. The second-order valence-corrected chi connectivity index (χ2v) is 8.40. The topological polar surface area (TPSA) is 57.9 Å². The molecule has 1 fully saturated rings. The molecule has 1 N–H and O–H groups in total. The van der Waals surface area contributed by atoms with E-state index in [0.29, 0.717) is 18.7 Å². The van der Waals surface area contributed by atoms with Gasteiger partial charge in [-0.05, 0) is 56.7 Å². The summed E-state index contributed by atoms with van der Waals surface area (Å²) in [5.41, 5.74) is 3.27. The molecular formula is C27H33N3O3. The van der Waals surface area contributed by atoms with Crippen molar-refractivity contribution >= 4 is 5.69 Å². The van der Waals surface area contributed by atoms with E-state index in [-0.39, 0.29) is 17.4 Å². The Balaban J connectivity index is 1.71. The van der Waals surface area contributed by atoms with Gasteiger partial charge in [0.05, 0.1) is 18.2 Å². The van der Waals surface area contributed by atoms with Gasteiger partial charge in [0.1, 0.15) is 11.5 Å². The van der Waals surface area contributed by atoms with Crippen LogP contribution in [-0.4, -0.2) is 47.4 Å². The monoisotopic (exact) mass is 447 g/mol. The molecule has 6 heteroatoms. The Morgan fingerprint density at radius 2 is 1.64 bits per heavy atom. The number of piperazine rings is 1. The molecule has 174 valence electrons. The number of pyridine rings is 1. The molecule has 2 heterocycles. The summed E-state index contributed by atoms with van der Waals surface area (Å²) in [6.07, 6.45) is 0. The molecule has 0 unspecified atom stereocenters. The van der Waals surface area contributed by atoms with Crippen LogP contribution in [-0.2, 0) is 6.54 Å². The number of rotatable bonds is 7. The van der Waals surface area contributed by atoms with E-state index in [1.165, 1.54) is 5.69 Å². The number of hydrogen-bond donors (Lipinski definition) is 1. The lowest BCUT2D eigenvalue weighted by Crippen LogP contribution is -2.49. The smallest absolute Gasteiger partial charge is 0.259 e. The number of benzene rings is 2. The quantitative estimate of drug-likeness (QED) is 0.589. The van der Waals surface area contributed by atoms with Crippen LogP contribution in [0, 0.1) is 6.92 Å². The standard InChI is InChI=1S/C27H33N3O3/c1-4-30-20(3)19-24(31)25(27(30)32)26(21-11-13-23(14-12-21)33-5-2)29-17-15-28(16-18-29)22-9-7-6-8-10-22/h6-14,19,26,31H,4-5,15-18H2,1-3H3/t26-/m0/s1. The van der Waals surface area contributed by atoms with Gasteiger partial charge in [0, 0.05) is 44.1 Å². The maximum atomic E-state index is 13.5. The Morgan fingerprint density at radius 3 is 2.24 bits per heavy atom. The first-order valence-electron chi connectivity index (χ1n) is 11.7. The van der Waals surface area contributed by atoms with Crippen LogP contribution < -0.4 is 15.2 Å². The van der Waals surface area contributed by atoms with Crippen LogP contribution in [0.5, 0.6) is 11.5 Å². The molecule has 1 saturated heterocycles. The zero-order valence-electron chi connectivity index (χ0n) is 19.7. The van der Waals surface area contributed by atoms with Gasteiger partial charge in [-0.25, -0.2) is 0 Å². The molecule has 0 bridgehead atoms. The molecule has 6 nitrogen and oxygen atoms in total.